The third kappa shape index (κ3) is 5.77. The first-order chi connectivity index (χ1) is 16.2. The van der Waals surface area contributed by atoms with Crippen LogP contribution in [0.2, 0.25) is 0 Å². The number of aryl methyl sites for hydroxylation is 2. The molecule has 2 aromatic carbocycles. The first-order valence-electron chi connectivity index (χ1n) is 11.0. The number of likely N-dealkylation sites (N-methyl/N-ethyl adjacent to an activating group) is 1. The number of allylic oxidation sites excluding steroid dienone is 4. The first-order valence-corrected chi connectivity index (χ1v) is 11.0. The highest BCUT2D eigenvalue weighted by molar-refractivity contribution is 6.10. The summed E-state index contributed by atoms with van der Waals surface area (Å²) in [5.41, 5.74) is 4.60. The lowest BCUT2D eigenvalue weighted by atomic mass is 9.97. The molecule has 1 saturated heterocycles. The van der Waals surface area contributed by atoms with Crippen LogP contribution in [0, 0.1) is 13.8 Å². The van der Waals surface area contributed by atoms with Gasteiger partial charge < -0.3 is 19.7 Å². The molecule has 6 heteroatoms. The van der Waals surface area contributed by atoms with Crippen LogP contribution >= 0.6 is 0 Å². The number of benzene rings is 2. The molecule has 2 N–H and O–H groups in total. The van der Waals surface area contributed by atoms with Crippen molar-refractivity contribution < 1.29 is 24.5 Å². The molecule has 0 spiro atoms. The molecule has 1 aliphatic heterocycles. The van der Waals surface area contributed by atoms with Gasteiger partial charge in [-0.1, -0.05) is 36.5 Å². The minimum absolute atomic E-state index is 0.0198. The number of phenolic OH excluding ortho intramolecular Hbond substituents is 2. The molecular weight excluding hydrogens is 430 g/mol. The van der Waals surface area contributed by atoms with Gasteiger partial charge in [-0.3, -0.25) is 9.69 Å². The molecule has 0 atom stereocenters. The van der Waals surface area contributed by atoms with Gasteiger partial charge in [0.2, 0.25) is 0 Å². The van der Waals surface area contributed by atoms with E-state index in [2.05, 4.69) is 4.90 Å². The van der Waals surface area contributed by atoms with Crippen molar-refractivity contribution in [3.05, 3.63) is 82.0 Å². The lowest BCUT2D eigenvalue weighted by Gasteiger charge is -2.25. The fourth-order valence-electron chi connectivity index (χ4n) is 3.85. The number of hydrogen-bond acceptors (Lipinski definition) is 6. The minimum atomic E-state index is 0.0198. The van der Waals surface area contributed by atoms with Gasteiger partial charge >= 0.3 is 0 Å². The van der Waals surface area contributed by atoms with Crippen LogP contribution in [-0.4, -0.2) is 55.3 Å². The molecule has 1 aliphatic rings. The van der Waals surface area contributed by atoms with Crippen LogP contribution in [0.15, 0.2) is 59.7 Å². The topological polar surface area (TPSA) is 79.2 Å². The lowest BCUT2D eigenvalue weighted by molar-refractivity contribution is -0.113. The number of aromatic hydroxyl groups is 2. The predicted octanol–water partition coefficient (Wildman–Crippen LogP) is 4.83. The van der Waals surface area contributed by atoms with Crippen LogP contribution in [0.4, 0.5) is 0 Å². The van der Waals surface area contributed by atoms with E-state index >= 15 is 0 Å². The smallest absolute Gasteiger partial charge is 0.187 e. The molecule has 0 aromatic heterocycles. The molecule has 0 aliphatic carbocycles. The normalized spacial score (nSPS) is 17.4. The fraction of sp³-hybridized carbons (Fsp3) is 0.250. The molecule has 178 valence electrons. The van der Waals surface area contributed by atoms with E-state index < -0.39 is 0 Å². The predicted molar refractivity (Wildman–Crippen MR) is 136 cm³/mol. The summed E-state index contributed by atoms with van der Waals surface area (Å²) < 4.78 is 10.4. The maximum Gasteiger partial charge on any atom is 0.187 e. The summed E-state index contributed by atoms with van der Waals surface area (Å²) in [4.78, 5) is 15.1. The molecule has 1 fully saturated rings. The van der Waals surface area contributed by atoms with Gasteiger partial charge in [0.15, 0.2) is 28.8 Å². The van der Waals surface area contributed by atoms with E-state index in [0.717, 1.165) is 22.3 Å². The number of ketones is 1. The van der Waals surface area contributed by atoms with E-state index in [1.54, 1.807) is 12.1 Å². The summed E-state index contributed by atoms with van der Waals surface area (Å²) in [6.45, 7) is 4.76. The van der Waals surface area contributed by atoms with Crippen molar-refractivity contribution in [3.8, 4) is 23.0 Å². The van der Waals surface area contributed by atoms with E-state index in [9.17, 15) is 15.0 Å². The maximum atomic E-state index is 13.0. The number of rotatable bonds is 6. The Labute approximate surface area is 200 Å². The summed E-state index contributed by atoms with van der Waals surface area (Å²) in [6.07, 6.45) is 11.1. The number of nitrogens with zero attached hydrogens (tertiary/aromatic N) is 1. The lowest BCUT2D eigenvalue weighted by Crippen LogP contribution is -2.34. The summed E-state index contributed by atoms with van der Waals surface area (Å²) in [6, 6.07) is 7.22. The van der Waals surface area contributed by atoms with Crippen LogP contribution in [0.5, 0.6) is 23.0 Å². The first kappa shape index (κ1) is 24.9. The SMILES string of the molecule is COc1cc(/C=C/C=C2\CN(C)C/C(=C\C=C\c3cc(C)c(O)c(OC)c3)C2=O)cc(C)c1O. The molecule has 0 unspecified atom stereocenters. The van der Waals surface area contributed by atoms with Gasteiger partial charge in [-0.2, -0.15) is 0 Å². The number of methoxy groups -OCH3 is 2. The van der Waals surface area contributed by atoms with Gasteiger partial charge in [0.05, 0.1) is 14.2 Å². The zero-order valence-corrected chi connectivity index (χ0v) is 20.3. The van der Waals surface area contributed by atoms with E-state index in [0.29, 0.717) is 35.7 Å². The number of carbonyl (C=O) groups excluding carboxylic acids is 1. The molecule has 3 rings (SSSR count). The summed E-state index contributed by atoms with van der Waals surface area (Å²) >= 11 is 0. The van der Waals surface area contributed by atoms with Gasteiger partial charge in [0, 0.05) is 24.2 Å². The molecule has 0 radical (unpaired) electrons. The Morgan fingerprint density at radius 3 is 1.59 bits per heavy atom. The molecule has 2 aromatic rings. The van der Waals surface area contributed by atoms with Crippen molar-refractivity contribution in [2.75, 3.05) is 34.4 Å². The van der Waals surface area contributed by atoms with Crippen LogP contribution in [-0.2, 0) is 4.79 Å². The summed E-state index contributed by atoms with van der Waals surface area (Å²) in [7, 11) is 5.01. The third-order valence-electron chi connectivity index (χ3n) is 5.65. The van der Waals surface area contributed by atoms with Crippen molar-refractivity contribution >= 4 is 17.9 Å². The van der Waals surface area contributed by atoms with Gasteiger partial charge in [0.1, 0.15) is 0 Å². The van der Waals surface area contributed by atoms with Gasteiger partial charge in [-0.25, -0.2) is 0 Å². The van der Waals surface area contributed by atoms with Gasteiger partial charge in [-0.15, -0.1) is 0 Å². The zero-order valence-electron chi connectivity index (χ0n) is 20.3. The molecule has 1 heterocycles. The molecular formula is C28H31NO5. The zero-order chi connectivity index (χ0) is 24.8. The Kier molecular flexibility index (Phi) is 7.97. The second-order valence-electron chi connectivity index (χ2n) is 8.38. The molecule has 6 nitrogen and oxygen atoms in total. The number of hydrogen-bond donors (Lipinski definition) is 2. The average Bonchev–Trinajstić information content (AvgIpc) is 2.80. The highest BCUT2D eigenvalue weighted by Crippen LogP contribution is 2.32. The average molecular weight is 462 g/mol. The van der Waals surface area contributed by atoms with Gasteiger partial charge in [-0.05, 0) is 67.4 Å². The third-order valence-corrected chi connectivity index (χ3v) is 5.65. The number of phenols is 2. The van der Waals surface area contributed by atoms with E-state index in [1.807, 2.05) is 69.5 Å². The number of likely N-dealkylation sites (tertiary alicyclic amines) is 1. The fourth-order valence-corrected chi connectivity index (χ4v) is 3.85. The summed E-state index contributed by atoms with van der Waals surface area (Å²) in [5.74, 6) is 1.11. The van der Waals surface area contributed by atoms with Crippen LogP contribution in [0.1, 0.15) is 22.3 Å². The quantitative estimate of drug-likeness (QED) is 0.600. The van der Waals surface area contributed by atoms with E-state index in [4.69, 9.17) is 9.47 Å². The van der Waals surface area contributed by atoms with Crippen LogP contribution in [0.25, 0.3) is 12.2 Å². The largest absolute Gasteiger partial charge is 0.504 e. The number of ether oxygens (including phenoxy) is 2. The van der Waals surface area contributed by atoms with E-state index in [-0.39, 0.29) is 17.3 Å². The Hall–Kier alpha value is -3.77. The standard InChI is InChI=1S/C28H31NO5/c1-18-12-20(14-24(33-4)26(18)30)8-6-10-22-16-29(3)17-23(28(22)32)11-7-9-21-13-19(2)27(31)25(15-21)34-5/h6-15,30-31H,16-17H2,1-5H3/b8-6+,9-7+,22-10+,23-11+. The van der Waals surface area contributed by atoms with Crippen LogP contribution in [0.3, 0.4) is 0 Å². The van der Waals surface area contributed by atoms with Crippen molar-refractivity contribution in [1.29, 1.82) is 0 Å². The molecule has 0 amide bonds. The van der Waals surface area contributed by atoms with Crippen molar-refractivity contribution in [1.82, 2.24) is 4.90 Å². The molecule has 34 heavy (non-hydrogen) atoms. The summed E-state index contributed by atoms with van der Waals surface area (Å²) in [5, 5.41) is 20.0. The maximum absolute atomic E-state index is 13.0. The van der Waals surface area contributed by atoms with Crippen molar-refractivity contribution in [2.24, 2.45) is 0 Å². The number of Topliss-reactive ketones (excluding diaryl/α,β-unsaturated/α-hetero) is 1. The second-order valence-corrected chi connectivity index (χ2v) is 8.38. The highest BCUT2D eigenvalue weighted by Gasteiger charge is 2.22. The second kappa shape index (κ2) is 10.9. The number of carbonyl (C=O) groups is 1. The molecule has 0 saturated carbocycles. The van der Waals surface area contributed by atoms with Crippen molar-refractivity contribution in [2.45, 2.75) is 13.8 Å². The monoisotopic (exact) mass is 461 g/mol. The van der Waals surface area contributed by atoms with Crippen molar-refractivity contribution in [3.63, 3.8) is 0 Å². The highest BCUT2D eigenvalue weighted by atomic mass is 16.5. The number of piperidine rings is 1. The Morgan fingerprint density at radius 1 is 0.794 bits per heavy atom. The van der Waals surface area contributed by atoms with Gasteiger partial charge in [0.25, 0.3) is 0 Å². The Morgan fingerprint density at radius 2 is 1.21 bits per heavy atom. The Balaban J connectivity index is 1.79. The minimum Gasteiger partial charge on any atom is -0.504 e. The van der Waals surface area contributed by atoms with E-state index in [1.165, 1.54) is 14.2 Å². The molecule has 0 bridgehead atoms. The van der Waals surface area contributed by atoms with Crippen LogP contribution < -0.4 is 9.47 Å². The Bertz CT molecular complexity index is 1110.